The van der Waals surface area contributed by atoms with Crippen LogP contribution in [0.15, 0.2) is 84.9 Å². The molecule has 4 atom stereocenters. The molecule has 0 radical (unpaired) electrons. The topological polar surface area (TPSA) is 128 Å². The standard InChI is InChI=1S/C38H45N5O5/c1-25(2)35-37(47)40-31(21-27-11-6-4-7-12-27)23-42(34(45)22-28-16-18-30(19-17-28)29-13-8-5-9-14-29)24-33(44)39-26(3)38(48)43-20-10-15-32(43)36(46)41-35/h4-9,11-14,16-19,25-26,31-32,35H,10,15,20-24H2,1-3H3,(H,39,44)(H,40,47)(H,41,46)/t26-,31-,32+,35-/m0/s1. The Morgan fingerprint density at radius 3 is 2.10 bits per heavy atom. The minimum absolute atomic E-state index is 0.0446. The zero-order chi connectivity index (χ0) is 34.2. The molecule has 48 heavy (non-hydrogen) atoms. The molecular weight excluding hydrogens is 606 g/mol. The fourth-order valence-corrected chi connectivity index (χ4v) is 6.46. The summed E-state index contributed by atoms with van der Waals surface area (Å²) in [4.78, 5) is 71.1. The Kier molecular flexibility index (Phi) is 11.3. The van der Waals surface area contributed by atoms with Crippen LogP contribution >= 0.6 is 0 Å². The van der Waals surface area contributed by atoms with Gasteiger partial charge in [-0.05, 0) is 54.4 Å². The van der Waals surface area contributed by atoms with Crippen molar-refractivity contribution < 1.29 is 24.0 Å². The summed E-state index contributed by atoms with van der Waals surface area (Å²) in [5.41, 5.74) is 3.82. The third-order valence-electron chi connectivity index (χ3n) is 9.05. The molecule has 0 unspecified atom stereocenters. The predicted molar refractivity (Wildman–Crippen MR) is 183 cm³/mol. The van der Waals surface area contributed by atoms with Crippen LogP contribution in [0.1, 0.15) is 44.7 Å². The smallest absolute Gasteiger partial charge is 0.245 e. The van der Waals surface area contributed by atoms with Crippen LogP contribution in [0.2, 0.25) is 0 Å². The zero-order valence-corrected chi connectivity index (χ0v) is 27.9. The largest absolute Gasteiger partial charge is 0.349 e. The lowest BCUT2D eigenvalue weighted by Crippen LogP contribution is -2.58. The van der Waals surface area contributed by atoms with E-state index < -0.39 is 36.0 Å². The molecular formula is C38H45N5O5. The fraction of sp³-hybridized carbons (Fsp3) is 0.395. The highest BCUT2D eigenvalue weighted by molar-refractivity contribution is 5.95. The third kappa shape index (κ3) is 8.67. The molecule has 3 aromatic rings. The Morgan fingerprint density at radius 2 is 1.44 bits per heavy atom. The maximum Gasteiger partial charge on any atom is 0.245 e. The molecule has 5 rings (SSSR count). The van der Waals surface area contributed by atoms with Crippen molar-refractivity contribution in [1.29, 1.82) is 0 Å². The van der Waals surface area contributed by atoms with Crippen molar-refractivity contribution >= 4 is 29.5 Å². The Labute approximate surface area is 282 Å². The van der Waals surface area contributed by atoms with Crippen molar-refractivity contribution in [1.82, 2.24) is 25.8 Å². The van der Waals surface area contributed by atoms with Gasteiger partial charge in [0.1, 0.15) is 18.1 Å². The minimum atomic E-state index is -0.903. The fourth-order valence-electron chi connectivity index (χ4n) is 6.46. The average molecular weight is 652 g/mol. The van der Waals surface area contributed by atoms with Crippen LogP contribution in [0.3, 0.4) is 0 Å². The van der Waals surface area contributed by atoms with Crippen LogP contribution in [0, 0.1) is 5.92 Å². The number of nitrogens with zero attached hydrogens (tertiary/aromatic N) is 2. The summed E-state index contributed by atoms with van der Waals surface area (Å²) >= 11 is 0. The molecule has 5 amide bonds. The highest BCUT2D eigenvalue weighted by Crippen LogP contribution is 2.21. The third-order valence-corrected chi connectivity index (χ3v) is 9.05. The first-order valence-electron chi connectivity index (χ1n) is 16.8. The molecule has 0 bridgehead atoms. The molecule has 0 saturated carbocycles. The monoisotopic (exact) mass is 651 g/mol. The second-order valence-electron chi connectivity index (χ2n) is 13.1. The van der Waals surface area contributed by atoms with E-state index in [9.17, 15) is 24.0 Å². The Hall–Kier alpha value is -4.99. The van der Waals surface area contributed by atoms with Crippen molar-refractivity contribution in [3.8, 4) is 11.1 Å². The lowest BCUT2D eigenvalue weighted by atomic mass is 10.00. The molecule has 10 heteroatoms. The number of hydrogen-bond donors (Lipinski definition) is 3. The van der Waals surface area contributed by atoms with Gasteiger partial charge in [-0.25, -0.2) is 0 Å². The molecule has 0 aliphatic carbocycles. The lowest BCUT2D eigenvalue weighted by Gasteiger charge is -2.31. The first-order valence-corrected chi connectivity index (χ1v) is 16.8. The number of amides is 5. The quantitative estimate of drug-likeness (QED) is 0.378. The van der Waals surface area contributed by atoms with Gasteiger partial charge < -0.3 is 25.8 Å². The van der Waals surface area contributed by atoms with Crippen LogP contribution in [-0.2, 0) is 36.8 Å². The summed E-state index contributed by atoms with van der Waals surface area (Å²) in [6.07, 6.45) is 1.55. The van der Waals surface area contributed by atoms with Gasteiger partial charge in [0.2, 0.25) is 29.5 Å². The van der Waals surface area contributed by atoms with E-state index in [-0.39, 0.29) is 43.1 Å². The zero-order valence-electron chi connectivity index (χ0n) is 27.9. The second-order valence-corrected chi connectivity index (χ2v) is 13.1. The van der Waals surface area contributed by atoms with E-state index in [1.165, 1.54) is 9.80 Å². The van der Waals surface area contributed by atoms with E-state index >= 15 is 0 Å². The highest BCUT2D eigenvalue weighted by atomic mass is 16.2. The number of fused-ring (bicyclic) bond motifs is 1. The first kappa shape index (κ1) is 34.3. The summed E-state index contributed by atoms with van der Waals surface area (Å²) in [6, 6.07) is 24.2. The summed E-state index contributed by atoms with van der Waals surface area (Å²) in [5.74, 6) is -2.18. The molecule has 3 aromatic carbocycles. The van der Waals surface area contributed by atoms with Gasteiger partial charge in [0, 0.05) is 13.1 Å². The van der Waals surface area contributed by atoms with Crippen molar-refractivity contribution in [3.05, 3.63) is 96.1 Å². The van der Waals surface area contributed by atoms with Gasteiger partial charge in [0.15, 0.2) is 0 Å². The van der Waals surface area contributed by atoms with Crippen LogP contribution < -0.4 is 16.0 Å². The van der Waals surface area contributed by atoms with Crippen molar-refractivity contribution in [2.45, 2.75) is 70.6 Å². The number of rotatable bonds is 6. The predicted octanol–water partition coefficient (Wildman–Crippen LogP) is 3.10. The first-order chi connectivity index (χ1) is 23.1. The minimum Gasteiger partial charge on any atom is -0.349 e. The molecule has 10 nitrogen and oxygen atoms in total. The van der Waals surface area contributed by atoms with Gasteiger partial charge >= 0.3 is 0 Å². The van der Waals surface area contributed by atoms with Crippen molar-refractivity contribution in [2.75, 3.05) is 19.6 Å². The Bertz CT molecular complexity index is 1590. The maximum absolute atomic E-state index is 14.0. The van der Waals surface area contributed by atoms with E-state index in [2.05, 4.69) is 16.0 Å². The van der Waals surface area contributed by atoms with E-state index in [0.717, 1.165) is 22.3 Å². The molecule has 2 aliphatic heterocycles. The number of benzene rings is 3. The van der Waals surface area contributed by atoms with Crippen LogP contribution in [0.5, 0.6) is 0 Å². The summed E-state index contributed by atoms with van der Waals surface area (Å²) in [6.45, 7) is 5.42. The van der Waals surface area contributed by atoms with E-state index in [4.69, 9.17) is 0 Å². The van der Waals surface area contributed by atoms with Crippen LogP contribution in [0.25, 0.3) is 11.1 Å². The number of hydrogen-bond acceptors (Lipinski definition) is 5. The maximum atomic E-state index is 14.0. The lowest BCUT2D eigenvalue weighted by molar-refractivity contribution is -0.142. The molecule has 0 aromatic heterocycles. The van der Waals surface area contributed by atoms with Gasteiger partial charge in [-0.2, -0.15) is 0 Å². The molecule has 2 saturated heterocycles. The summed E-state index contributed by atoms with van der Waals surface area (Å²) in [7, 11) is 0. The van der Waals surface area contributed by atoms with Crippen LogP contribution in [-0.4, -0.2) is 83.1 Å². The van der Waals surface area contributed by atoms with E-state index in [0.29, 0.717) is 25.8 Å². The SMILES string of the molecule is CC(C)[C@@H]1NC(=O)[C@H]2CCCN2C(=O)[C@H](C)NC(=O)CN(C(=O)Cc2ccc(-c3ccccc3)cc2)C[C@H](Cc2ccccc2)NC1=O. The molecule has 2 aliphatic rings. The summed E-state index contributed by atoms with van der Waals surface area (Å²) in [5, 5.41) is 8.76. The molecule has 2 heterocycles. The highest BCUT2D eigenvalue weighted by Gasteiger charge is 2.39. The van der Waals surface area contributed by atoms with E-state index in [1.54, 1.807) is 6.92 Å². The second kappa shape index (κ2) is 15.7. The number of carbonyl (C=O) groups is 5. The average Bonchev–Trinajstić information content (AvgIpc) is 3.57. The normalized spacial score (nSPS) is 22.7. The molecule has 0 spiro atoms. The summed E-state index contributed by atoms with van der Waals surface area (Å²) < 4.78 is 0. The van der Waals surface area contributed by atoms with Gasteiger partial charge in [0.05, 0.1) is 19.0 Å². The van der Waals surface area contributed by atoms with Gasteiger partial charge in [-0.1, -0.05) is 98.8 Å². The van der Waals surface area contributed by atoms with Crippen LogP contribution in [0.4, 0.5) is 0 Å². The molecule has 3 N–H and O–H groups in total. The van der Waals surface area contributed by atoms with Gasteiger partial charge in [0.25, 0.3) is 0 Å². The van der Waals surface area contributed by atoms with Crippen molar-refractivity contribution in [3.63, 3.8) is 0 Å². The van der Waals surface area contributed by atoms with Gasteiger partial charge in [-0.15, -0.1) is 0 Å². The van der Waals surface area contributed by atoms with E-state index in [1.807, 2.05) is 98.8 Å². The Morgan fingerprint density at radius 1 is 0.792 bits per heavy atom. The Balaban J connectivity index is 1.44. The van der Waals surface area contributed by atoms with Gasteiger partial charge in [-0.3, -0.25) is 24.0 Å². The molecule has 2 fully saturated rings. The number of carbonyl (C=O) groups excluding carboxylic acids is 5. The molecule has 252 valence electrons. The van der Waals surface area contributed by atoms with Crippen molar-refractivity contribution in [2.24, 2.45) is 5.92 Å². The number of nitrogens with one attached hydrogen (secondary N) is 3.